The smallest absolute Gasteiger partial charge is 0.402 e. The van der Waals surface area contributed by atoms with E-state index in [0.717, 1.165) is 18.3 Å². The number of pyridine rings is 1. The second-order valence-corrected chi connectivity index (χ2v) is 7.08. The molecule has 0 radical (unpaired) electrons. The lowest BCUT2D eigenvalue weighted by Gasteiger charge is -2.21. The molecule has 1 saturated heterocycles. The number of halogens is 4. The lowest BCUT2D eigenvalue weighted by Crippen LogP contribution is -2.35. The van der Waals surface area contributed by atoms with Crippen LogP contribution in [0.3, 0.4) is 0 Å². The molecule has 29 heavy (non-hydrogen) atoms. The number of anilines is 2. The predicted octanol–water partition coefficient (Wildman–Crippen LogP) is 3.79. The van der Waals surface area contributed by atoms with Crippen LogP contribution in [0.25, 0.3) is 0 Å². The predicted molar refractivity (Wildman–Crippen MR) is 99.4 cm³/mol. The molecule has 1 fully saturated rings. The van der Waals surface area contributed by atoms with Gasteiger partial charge in [0.2, 0.25) is 0 Å². The Morgan fingerprint density at radius 1 is 1.21 bits per heavy atom. The Labute approximate surface area is 164 Å². The topological polar surface area (TPSA) is 72.5 Å². The van der Waals surface area contributed by atoms with Crippen molar-refractivity contribution in [1.29, 1.82) is 0 Å². The molecule has 1 atom stereocenters. The molecule has 0 aliphatic carbocycles. The van der Waals surface area contributed by atoms with Crippen LogP contribution in [0.5, 0.6) is 0 Å². The lowest BCUT2D eigenvalue weighted by molar-refractivity contribution is -0.137. The summed E-state index contributed by atoms with van der Waals surface area (Å²) in [7, 11) is -0.744. The van der Waals surface area contributed by atoms with Crippen LogP contribution >= 0.6 is 0 Å². The number of carbonyl (C=O) groups excluding carboxylic acids is 1. The highest BCUT2D eigenvalue weighted by atomic mass is 19.4. The van der Waals surface area contributed by atoms with E-state index in [0.29, 0.717) is 11.5 Å². The van der Waals surface area contributed by atoms with Crippen molar-refractivity contribution in [3.05, 3.63) is 47.9 Å². The summed E-state index contributed by atoms with van der Waals surface area (Å²) < 4.78 is 64.0. The Hall–Kier alpha value is -2.66. The van der Waals surface area contributed by atoms with Crippen LogP contribution in [0.2, 0.25) is 0 Å². The molecule has 1 aliphatic heterocycles. The molecule has 0 spiro atoms. The minimum Gasteiger partial charge on any atom is -0.402 e. The van der Waals surface area contributed by atoms with E-state index in [1.165, 1.54) is 12.1 Å². The van der Waals surface area contributed by atoms with E-state index in [1.54, 1.807) is 0 Å². The zero-order chi connectivity index (χ0) is 21.4. The first-order chi connectivity index (χ1) is 13.5. The largest absolute Gasteiger partial charge is 0.494 e. The quantitative estimate of drug-likeness (QED) is 0.596. The molecule has 0 saturated carbocycles. The summed E-state index contributed by atoms with van der Waals surface area (Å²) in [6.07, 6.45) is -3.86. The first-order valence-electron chi connectivity index (χ1n) is 8.70. The minimum atomic E-state index is -4.58. The Morgan fingerprint density at radius 2 is 1.93 bits per heavy atom. The number of carbonyl (C=O) groups is 1. The summed E-state index contributed by atoms with van der Waals surface area (Å²) in [5.41, 5.74) is -1.23. The van der Waals surface area contributed by atoms with Gasteiger partial charge in [0.15, 0.2) is 0 Å². The number of hydrogen-bond donors (Lipinski definition) is 2. The van der Waals surface area contributed by atoms with Gasteiger partial charge in [-0.2, -0.15) is 13.2 Å². The maximum absolute atomic E-state index is 14.4. The number of benzene rings is 1. The minimum absolute atomic E-state index is 0.163. The van der Waals surface area contributed by atoms with Crippen molar-refractivity contribution in [3.63, 3.8) is 0 Å². The first kappa shape index (κ1) is 21.1. The highest BCUT2D eigenvalue weighted by Crippen LogP contribution is 2.30. The van der Waals surface area contributed by atoms with E-state index >= 15 is 0 Å². The molecule has 3 rings (SSSR count). The maximum Gasteiger partial charge on any atom is 0.494 e. The standard InChI is InChI=1S/C18H18BF4N3O3/c1-10-17(2,3)29-19(28-10)12-4-5-14(13(20)9-12)25-16(27)26-15-8-11(6-7-24-15)18(21,22)23/h4-10H,1-3H3,(H2,24,25,26,27). The van der Waals surface area contributed by atoms with Crippen molar-refractivity contribution >= 4 is 30.1 Å². The number of rotatable bonds is 3. The molecular formula is C18H18BF4N3O3. The van der Waals surface area contributed by atoms with Crippen molar-refractivity contribution in [2.24, 2.45) is 0 Å². The zero-order valence-electron chi connectivity index (χ0n) is 15.8. The van der Waals surface area contributed by atoms with Gasteiger partial charge >= 0.3 is 19.3 Å². The molecule has 2 N–H and O–H groups in total. The van der Waals surface area contributed by atoms with E-state index in [9.17, 15) is 22.4 Å². The maximum atomic E-state index is 14.4. The van der Waals surface area contributed by atoms with Gasteiger partial charge in [-0.05, 0) is 50.5 Å². The molecule has 1 aliphatic rings. The Bertz CT molecular complexity index is 923. The van der Waals surface area contributed by atoms with E-state index in [-0.39, 0.29) is 17.6 Å². The third kappa shape index (κ3) is 4.85. The van der Waals surface area contributed by atoms with Gasteiger partial charge in [0.1, 0.15) is 11.6 Å². The molecule has 11 heteroatoms. The number of aromatic nitrogens is 1. The van der Waals surface area contributed by atoms with E-state index in [4.69, 9.17) is 9.31 Å². The zero-order valence-corrected chi connectivity index (χ0v) is 15.8. The van der Waals surface area contributed by atoms with Gasteiger partial charge in [-0.15, -0.1) is 0 Å². The van der Waals surface area contributed by atoms with Crippen LogP contribution in [0.1, 0.15) is 26.3 Å². The van der Waals surface area contributed by atoms with E-state index in [2.05, 4.69) is 15.6 Å². The van der Waals surface area contributed by atoms with Crippen LogP contribution in [-0.2, 0) is 15.5 Å². The normalized spacial score (nSPS) is 18.6. The number of alkyl halides is 3. The van der Waals surface area contributed by atoms with Crippen LogP contribution in [0.15, 0.2) is 36.5 Å². The van der Waals surface area contributed by atoms with Gasteiger partial charge in [-0.3, -0.25) is 5.32 Å². The van der Waals surface area contributed by atoms with Crippen molar-refractivity contribution < 1.29 is 31.7 Å². The average Bonchev–Trinajstić information content (AvgIpc) is 2.89. The number of hydrogen-bond acceptors (Lipinski definition) is 4. The summed E-state index contributed by atoms with van der Waals surface area (Å²) in [5, 5.41) is 4.37. The van der Waals surface area contributed by atoms with Gasteiger partial charge in [-0.1, -0.05) is 6.07 Å². The Kier molecular flexibility index (Phi) is 5.55. The summed E-state index contributed by atoms with van der Waals surface area (Å²) in [6.45, 7) is 5.56. The highest BCUT2D eigenvalue weighted by Gasteiger charge is 2.44. The Balaban J connectivity index is 1.67. The van der Waals surface area contributed by atoms with Crippen LogP contribution < -0.4 is 16.1 Å². The number of nitrogens with zero attached hydrogens (tertiary/aromatic N) is 1. The molecule has 154 valence electrons. The van der Waals surface area contributed by atoms with Gasteiger partial charge < -0.3 is 14.6 Å². The molecule has 1 unspecified atom stereocenters. The molecule has 1 aromatic heterocycles. The monoisotopic (exact) mass is 411 g/mol. The van der Waals surface area contributed by atoms with Gasteiger partial charge in [-0.25, -0.2) is 14.2 Å². The second kappa shape index (κ2) is 7.64. The summed E-state index contributed by atoms with van der Waals surface area (Å²) >= 11 is 0. The number of urea groups is 1. The lowest BCUT2D eigenvalue weighted by atomic mass is 9.79. The van der Waals surface area contributed by atoms with Crippen LogP contribution in [0.4, 0.5) is 33.9 Å². The van der Waals surface area contributed by atoms with Crippen molar-refractivity contribution in [2.45, 2.75) is 38.7 Å². The fourth-order valence-electron chi connectivity index (χ4n) is 2.62. The molecule has 0 bridgehead atoms. The fourth-order valence-corrected chi connectivity index (χ4v) is 2.62. The molecule has 6 nitrogen and oxygen atoms in total. The molecule has 2 amide bonds. The third-order valence-electron chi connectivity index (χ3n) is 4.56. The average molecular weight is 411 g/mol. The van der Waals surface area contributed by atoms with Crippen molar-refractivity contribution in [1.82, 2.24) is 4.98 Å². The summed E-state index contributed by atoms with van der Waals surface area (Å²) in [4.78, 5) is 15.7. The molecule has 2 aromatic rings. The second-order valence-electron chi connectivity index (χ2n) is 7.08. The Morgan fingerprint density at radius 3 is 2.52 bits per heavy atom. The first-order valence-corrected chi connectivity index (χ1v) is 8.70. The number of amides is 2. The molecule has 1 aromatic carbocycles. The highest BCUT2D eigenvalue weighted by molar-refractivity contribution is 6.62. The van der Waals surface area contributed by atoms with Gasteiger partial charge in [0.05, 0.1) is 23.0 Å². The molecule has 2 heterocycles. The molecular weight excluding hydrogens is 393 g/mol. The number of nitrogens with one attached hydrogen (secondary N) is 2. The van der Waals surface area contributed by atoms with Crippen molar-refractivity contribution in [3.8, 4) is 0 Å². The summed E-state index contributed by atoms with van der Waals surface area (Å²) in [6, 6.07) is 4.52. The fraction of sp³-hybridized carbons (Fsp3) is 0.333. The van der Waals surface area contributed by atoms with Crippen LogP contribution in [0, 0.1) is 5.82 Å². The van der Waals surface area contributed by atoms with Crippen molar-refractivity contribution in [2.75, 3.05) is 10.6 Å². The summed E-state index contributed by atoms with van der Waals surface area (Å²) in [5.74, 6) is -1.07. The van der Waals surface area contributed by atoms with E-state index < -0.39 is 36.3 Å². The third-order valence-corrected chi connectivity index (χ3v) is 4.56. The van der Waals surface area contributed by atoms with E-state index in [1.807, 2.05) is 20.8 Å². The van der Waals surface area contributed by atoms with Gasteiger partial charge in [0, 0.05) is 6.20 Å². The van der Waals surface area contributed by atoms with Gasteiger partial charge in [0.25, 0.3) is 0 Å². The SMILES string of the molecule is CC1OB(c2ccc(NC(=O)Nc3cc(C(F)(F)F)ccn3)c(F)c2)OC1(C)C. The van der Waals surface area contributed by atoms with Crippen LogP contribution in [-0.4, -0.2) is 29.8 Å².